The van der Waals surface area contributed by atoms with Crippen LogP contribution in [0.2, 0.25) is 0 Å². The quantitative estimate of drug-likeness (QED) is 0.857. The number of anilines is 1. The molecule has 0 N–H and O–H groups in total. The zero-order valence-corrected chi connectivity index (χ0v) is 14.6. The number of hydrogen-bond donors (Lipinski definition) is 0. The van der Waals surface area contributed by atoms with Crippen LogP contribution in [0.15, 0.2) is 23.7 Å². The number of pyridine rings is 1. The Morgan fingerprint density at radius 3 is 2.46 bits per heavy atom. The molecule has 0 spiro atoms. The number of thiazole rings is 1. The predicted octanol–water partition coefficient (Wildman–Crippen LogP) is 3.43. The lowest BCUT2D eigenvalue weighted by Crippen LogP contribution is -2.35. The Morgan fingerprint density at radius 2 is 1.75 bits per heavy atom. The number of likely N-dealkylation sites (tertiary alicyclic amines) is 1. The summed E-state index contributed by atoms with van der Waals surface area (Å²) in [6.45, 7) is 3.91. The number of aromatic nitrogens is 2. The molecule has 0 aliphatic carbocycles. The van der Waals surface area contributed by atoms with Gasteiger partial charge in [0, 0.05) is 43.3 Å². The van der Waals surface area contributed by atoms with Crippen molar-refractivity contribution in [2.45, 2.75) is 32.1 Å². The van der Waals surface area contributed by atoms with Gasteiger partial charge in [-0.25, -0.2) is 9.97 Å². The minimum absolute atomic E-state index is 0.0684. The molecule has 0 unspecified atom stereocenters. The monoisotopic (exact) mass is 342 g/mol. The normalized spacial score (nSPS) is 18.2. The molecule has 2 aromatic heterocycles. The molecule has 0 bridgehead atoms. The molecule has 1 amide bonds. The van der Waals surface area contributed by atoms with Gasteiger partial charge in [-0.1, -0.05) is 0 Å². The second kappa shape index (κ2) is 6.89. The number of hydrogen-bond acceptors (Lipinski definition) is 5. The highest BCUT2D eigenvalue weighted by atomic mass is 32.1. The van der Waals surface area contributed by atoms with Crippen LogP contribution in [0, 0.1) is 0 Å². The zero-order chi connectivity index (χ0) is 16.4. The van der Waals surface area contributed by atoms with Crippen LogP contribution in [-0.4, -0.2) is 47.0 Å². The number of carbonyl (C=O) groups excluding carboxylic acids is 1. The van der Waals surface area contributed by atoms with Gasteiger partial charge in [0.2, 0.25) is 0 Å². The molecule has 2 saturated heterocycles. The Morgan fingerprint density at radius 1 is 1.00 bits per heavy atom. The molecule has 5 nitrogen and oxygen atoms in total. The van der Waals surface area contributed by atoms with Gasteiger partial charge < -0.3 is 9.80 Å². The van der Waals surface area contributed by atoms with E-state index in [1.54, 1.807) is 0 Å². The third-order valence-electron chi connectivity index (χ3n) is 4.79. The van der Waals surface area contributed by atoms with Gasteiger partial charge in [-0.15, -0.1) is 11.3 Å². The summed E-state index contributed by atoms with van der Waals surface area (Å²) in [4.78, 5) is 25.9. The summed E-state index contributed by atoms with van der Waals surface area (Å²) in [5.74, 6) is 1.11. The molecule has 6 heteroatoms. The van der Waals surface area contributed by atoms with E-state index in [1.165, 1.54) is 30.6 Å². The molecular weight excluding hydrogens is 320 g/mol. The van der Waals surface area contributed by atoms with Crippen LogP contribution >= 0.6 is 11.3 Å². The maximum Gasteiger partial charge on any atom is 0.273 e. The summed E-state index contributed by atoms with van der Waals surface area (Å²) in [5.41, 5.74) is 1.56. The highest BCUT2D eigenvalue weighted by Gasteiger charge is 2.21. The van der Waals surface area contributed by atoms with Crippen molar-refractivity contribution in [3.8, 4) is 10.6 Å². The van der Waals surface area contributed by atoms with Crippen molar-refractivity contribution in [1.29, 1.82) is 0 Å². The van der Waals surface area contributed by atoms with E-state index >= 15 is 0 Å². The summed E-state index contributed by atoms with van der Waals surface area (Å²) in [7, 11) is 0. The number of piperidine rings is 1. The van der Waals surface area contributed by atoms with Crippen molar-refractivity contribution >= 4 is 23.1 Å². The first-order chi connectivity index (χ1) is 11.8. The van der Waals surface area contributed by atoms with Crippen molar-refractivity contribution in [3.05, 3.63) is 29.4 Å². The molecule has 0 aromatic carbocycles. The fourth-order valence-electron chi connectivity index (χ4n) is 3.41. The molecule has 2 aromatic rings. The van der Waals surface area contributed by atoms with Crippen molar-refractivity contribution in [1.82, 2.24) is 14.9 Å². The summed E-state index contributed by atoms with van der Waals surface area (Å²) < 4.78 is 0. The molecule has 0 atom stereocenters. The van der Waals surface area contributed by atoms with Crippen molar-refractivity contribution in [2.24, 2.45) is 0 Å². The van der Waals surface area contributed by atoms with Crippen LogP contribution in [0.3, 0.4) is 0 Å². The third-order valence-corrected chi connectivity index (χ3v) is 5.68. The standard InChI is InChI=1S/C18H22N4OS/c23-18(22-10-2-1-3-11-22)15-13-24-17(20-15)14-6-7-16(19-12-14)21-8-4-5-9-21/h6-7,12-13H,1-5,8-11H2. The number of nitrogens with zero attached hydrogens (tertiary/aromatic N) is 4. The minimum Gasteiger partial charge on any atom is -0.357 e. The molecule has 126 valence electrons. The van der Waals surface area contributed by atoms with Crippen LogP contribution in [0.4, 0.5) is 5.82 Å². The summed E-state index contributed by atoms with van der Waals surface area (Å²) in [6.07, 6.45) is 7.80. The number of amides is 1. The van der Waals surface area contributed by atoms with Crippen LogP contribution < -0.4 is 4.90 Å². The molecular formula is C18H22N4OS. The SMILES string of the molecule is O=C(c1csc(-c2ccc(N3CCCC3)nc2)n1)N1CCCCC1. The molecule has 0 saturated carbocycles. The average Bonchev–Trinajstić information content (AvgIpc) is 3.34. The summed E-state index contributed by atoms with van der Waals surface area (Å²) in [6, 6.07) is 4.13. The predicted molar refractivity (Wildman–Crippen MR) is 96.5 cm³/mol. The maximum absolute atomic E-state index is 12.5. The summed E-state index contributed by atoms with van der Waals surface area (Å²) in [5, 5.41) is 2.75. The van der Waals surface area contributed by atoms with Crippen LogP contribution in [-0.2, 0) is 0 Å². The van der Waals surface area contributed by atoms with E-state index < -0.39 is 0 Å². The van der Waals surface area contributed by atoms with Gasteiger partial charge in [-0.2, -0.15) is 0 Å². The average molecular weight is 342 g/mol. The maximum atomic E-state index is 12.5. The van der Waals surface area contributed by atoms with Gasteiger partial charge in [0.25, 0.3) is 5.91 Å². The first-order valence-corrected chi connectivity index (χ1v) is 9.65. The first kappa shape index (κ1) is 15.6. The number of carbonyl (C=O) groups is 1. The van der Waals surface area contributed by atoms with Gasteiger partial charge in [0.15, 0.2) is 0 Å². The van der Waals surface area contributed by atoms with E-state index in [0.29, 0.717) is 5.69 Å². The summed E-state index contributed by atoms with van der Waals surface area (Å²) >= 11 is 1.52. The highest BCUT2D eigenvalue weighted by molar-refractivity contribution is 7.13. The largest absolute Gasteiger partial charge is 0.357 e. The molecule has 2 aliphatic heterocycles. The number of rotatable bonds is 3. The third kappa shape index (κ3) is 3.15. The fraction of sp³-hybridized carbons (Fsp3) is 0.500. The van der Waals surface area contributed by atoms with Crippen molar-refractivity contribution < 1.29 is 4.79 Å². The molecule has 4 rings (SSSR count). The van der Waals surface area contributed by atoms with E-state index in [1.807, 2.05) is 16.5 Å². The molecule has 2 aliphatic rings. The smallest absolute Gasteiger partial charge is 0.273 e. The van der Waals surface area contributed by atoms with Gasteiger partial charge in [0.05, 0.1) is 0 Å². The Balaban J connectivity index is 1.48. The van der Waals surface area contributed by atoms with Crippen molar-refractivity contribution in [3.63, 3.8) is 0 Å². The topological polar surface area (TPSA) is 49.3 Å². The van der Waals surface area contributed by atoms with Crippen molar-refractivity contribution in [2.75, 3.05) is 31.1 Å². The van der Waals surface area contributed by atoms with E-state index in [9.17, 15) is 4.79 Å². The van der Waals surface area contributed by atoms with Gasteiger partial charge in [0.1, 0.15) is 16.5 Å². The minimum atomic E-state index is 0.0684. The lowest BCUT2D eigenvalue weighted by Gasteiger charge is -2.25. The van der Waals surface area contributed by atoms with E-state index in [-0.39, 0.29) is 5.91 Å². The molecule has 24 heavy (non-hydrogen) atoms. The van der Waals surface area contributed by atoms with Crippen LogP contribution in [0.1, 0.15) is 42.6 Å². The lowest BCUT2D eigenvalue weighted by molar-refractivity contribution is 0.0719. The van der Waals surface area contributed by atoms with Crippen LogP contribution in [0.5, 0.6) is 0 Å². The molecule has 4 heterocycles. The Labute approximate surface area is 146 Å². The van der Waals surface area contributed by atoms with Gasteiger partial charge in [-0.05, 0) is 44.2 Å². The van der Waals surface area contributed by atoms with E-state index in [2.05, 4.69) is 27.0 Å². The molecule has 2 fully saturated rings. The Hall–Kier alpha value is -1.95. The van der Waals surface area contributed by atoms with Gasteiger partial charge >= 0.3 is 0 Å². The lowest BCUT2D eigenvalue weighted by atomic mass is 10.1. The van der Waals surface area contributed by atoms with E-state index in [4.69, 9.17) is 0 Å². The van der Waals surface area contributed by atoms with Crippen LogP contribution in [0.25, 0.3) is 10.6 Å². The zero-order valence-electron chi connectivity index (χ0n) is 13.8. The Bertz CT molecular complexity index is 700. The second-order valence-corrected chi connectivity index (χ2v) is 7.35. The second-order valence-electron chi connectivity index (χ2n) is 6.49. The van der Waals surface area contributed by atoms with E-state index in [0.717, 1.165) is 55.4 Å². The molecule has 0 radical (unpaired) electrons. The Kier molecular flexibility index (Phi) is 4.47. The first-order valence-electron chi connectivity index (χ1n) is 8.77. The fourth-order valence-corrected chi connectivity index (χ4v) is 4.19. The van der Waals surface area contributed by atoms with Gasteiger partial charge in [-0.3, -0.25) is 4.79 Å². The highest BCUT2D eigenvalue weighted by Crippen LogP contribution is 2.26.